The first-order valence-electron chi connectivity index (χ1n) is 14.8. The van der Waals surface area contributed by atoms with Crippen LogP contribution in [0.15, 0.2) is 138 Å². The highest BCUT2D eigenvalue weighted by Gasteiger charge is 2.47. The van der Waals surface area contributed by atoms with E-state index < -0.39 is 43.2 Å². The second-order valence-electron chi connectivity index (χ2n) is 11.1. The molecule has 2 atom stereocenters. The zero-order chi connectivity index (χ0) is 32.1. The molecule has 5 aromatic rings. The van der Waals surface area contributed by atoms with Crippen LogP contribution in [0, 0.1) is 0 Å². The summed E-state index contributed by atoms with van der Waals surface area (Å²) in [4.78, 5) is 52.4. The lowest BCUT2D eigenvalue weighted by Gasteiger charge is -2.50. The molecule has 6 rings (SSSR count). The van der Waals surface area contributed by atoms with Crippen molar-refractivity contribution in [3.8, 4) is 0 Å². The molecule has 0 aliphatic carbocycles. The largest absolute Gasteiger partial charge is 0.351 e. The van der Waals surface area contributed by atoms with Gasteiger partial charge in [0.1, 0.15) is 5.82 Å². The SMILES string of the molecule is O=C(Nc1ccn([C@H]2CN(C(c3ccccc3)(c3ccccc3)c3ccccc3)C[C@@H](CP(=O)(O)O)O2)c(=O)n1)c1ccccc1. The molecule has 1 aliphatic rings. The van der Waals surface area contributed by atoms with E-state index in [1.807, 2.05) is 91.0 Å². The maximum absolute atomic E-state index is 13.5. The van der Waals surface area contributed by atoms with E-state index in [1.54, 1.807) is 30.3 Å². The van der Waals surface area contributed by atoms with Gasteiger partial charge >= 0.3 is 13.3 Å². The maximum atomic E-state index is 13.5. The Morgan fingerprint density at radius 2 is 1.30 bits per heavy atom. The number of nitrogens with zero attached hydrogens (tertiary/aromatic N) is 3. The smallest absolute Gasteiger partial charge is 0.351 e. The van der Waals surface area contributed by atoms with E-state index >= 15 is 0 Å². The number of carbonyl (C=O) groups excluding carboxylic acids is 1. The van der Waals surface area contributed by atoms with Gasteiger partial charge < -0.3 is 19.8 Å². The average molecular weight is 637 g/mol. The summed E-state index contributed by atoms with van der Waals surface area (Å²) in [7, 11) is -4.51. The van der Waals surface area contributed by atoms with Crippen molar-refractivity contribution in [1.82, 2.24) is 14.5 Å². The number of aromatic nitrogens is 2. The van der Waals surface area contributed by atoms with Gasteiger partial charge in [-0.25, -0.2) is 4.79 Å². The number of ether oxygens (including phenoxy) is 1. The first-order chi connectivity index (χ1) is 22.2. The van der Waals surface area contributed by atoms with E-state index in [2.05, 4.69) is 15.2 Å². The third-order valence-electron chi connectivity index (χ3n) is 8.06. The molecule has 0 spiro atoms. The summed E-state index contributed by atoms with van der Waals surface area (Å²) in [5, 5.41) is 2.65. The number of hydrogen-bond donors (Lipinski definition) is 3. The van der Waals surface area contributed by atoms with E-state index in [9.17, 15) is 23.9 Å². The van der Waals surface area contributed by atoms with E-state index in [1.165, 1.54) is 16.8 Å². The van der Waals surface area contributed by atoms with Gasteiger partial charge in [0.05, 0.1) is 17.8 Å². The zero-order valence-electron chi connectivity index (χ0n) is 24.8. The Morgan fingerprint density at radius 3 is 1.78 bits per heavy atom. The van der Waals surface area contributed by atoms with Crippen LogP contribution in [-0.4, -0.2) is 55.5 Å². The summed E-state index contributed by atoms with van der Waals surface area (Å²) in [6.07, 6.45) is -0.949. The number of anilines is 1. The molecule has 234 valence electrons. The third-order valence-corrected chi connectivity index (χ3v) is 8.94. The first kappa shape index (κ1) is 31.3. The maximum Gasteiger partial charge on any atom is 0.351 e. The van der Waals surface area contributed by atoms with Gasteiger partial charge in [0.15, 0.2) is 6.23 Å². The van der Waals surface area contributed by atoms with E-state index in [4.69, 9.17) is 4.74 Å². The lowest BCUT2D eigenvalue weighted by atomic mass is 9.75. The van der Waals surface area contributed by atoms with E-state index in [-0.39, 0.29) is 18.9 Å². The minimum Gasteiger partial charge on any atom is -0.351 e. The quantitative estimate of drug-likeness (QED) is 0.154. The standard InChI is InChI=1S/C35H33N4O6P/c40-33(26-13-5-1-6-14-26)36-31-21-22-39(34(41)37-31)32-24-38(23-30(45-32)25-46(42,43)44)35(27-15-7-2-8-16-27,28-17-9-3-10-18-28)29-19-11-4-12-20-29/h1-22,30,32H,23-25H2,(H2,42,43,44)(H,36,37,40,41)/t30-,32+/m0/s1. The molecule has 46 heavy (non-hydrogen) atoms. The number of nitrogens with one attached hydrogen (secondary N) is 1. The second kappa shape index (κ2) is 13.3. The highest BCUT2D eigenvalue weighted by atomic mass is 31.2. The fraction of sp³-hybridized carbons (Fsp3) is 0.171. The van der Waals surface area contributed by atoms with Gasteiger partial charge in [0, 0.05) is 24.8 Å². The highest BCUT2D eigenvalue weighted by Crippen LogP contribution is 2.46. The highest BCUT2D eigenvalue weighted by molar-refractivity contribution is 7.51. The molecule has 0 radical (unpaired) electrons. The van der Waals surface area contributed by atoms with Crippen molar-refractivity contribution in [1.29, 1.82) is 0 Å². The predicted molar refractivity (Wildman–Crippen MR) is 174 cm³/mol. The van der Waals surface area contributed by atoms with Gasteiger partial charge in [0.25, 0.3) is 5.91 Å². The van der Waals surface area contributed by atoms with Crippen LogP contribution in [0.2, 0.25) is 0 Å². The fourth-order valence-electron chi connectivity index (χ4n) is 6.18. The van der Waals surface area contributed by atoms with Crippen LogP contribution in [-0.2, 0) is 14.8 Å². The lowest BCUT2D eigenvalue weighted by Crippen LogP contribution is -2.58. The normalized spacial score (nSPS) is 17.3. The van der Waals surface area contributed by atoms with Crippen molar-refractivity contribution in [3.63, 3.8) is 0 Å². The van der Waals surface area contributed by atoms with Gasteiger partial charge in [0.2, 0.25) is 0 Å². The van der Waals surface area contributed by atoms with Gasteiger partial charge in [-0.05, 0) is 34.9 Å². The van der Waals surface area contributed by atoms with Crippen LogP contribution in [0.5, 0.6) is 0 Å². The Bertz CT molecular complexity index is 1790. The molecule has 1 aliphatic heterocycles. The Morgan fingerprint density at radius 1 is 0.804 bits per heavy atom. The average Bonchev–Trinajstić information content (AvgIpc) is 3.06. The summed E-state index contributed by atoms with van der Waals surface area (Å²) in [6.45, 7) is 0.335. The van der Waals surface area contributed by atoms with Crippen LogP contribution in [0.4, 0.5) is 5.82 Å². The molecular weight excluding hydrogens is 603 g/mol. The van der Waals surface area contributed by atoms with Crippen LogP contribution in [0.25, 0.3) is 0 Å². The molecule has 1 saturated heterocycles. The van der Waals surface area contributed by atoms with Crippen molar-refractivity contribution in [2.45, 2.75) is 17.9 Å². The Balaban J connectivity index is 1.44. The lowest BCUT2D eigenvalue weighted by molar-refractivity contribution is -0.131. The molecule has 1 aromatic heterocycles. The predicted octanol–water partition coefficient (Wildman–Crippen LogP) is 4.86. The topological polar surface area (TPSA) is 134 Å². The molecule has 0 unspecified atom stereocenters. The molecular formula is C35H33N4O6P. The molecule has 2 heterocycles. The summed E-state index contributed by atoms with van der Waals surface area (Å²) in [5.74, 6) is -0.341. The second-order valence-corrected chi connectivity index (χ2v) is 12.8. The Kier molecular flexibility index (Phi) is 9.08. The van der Waals surface area contributed by atoms with Crippen molar-refractivity contribution in [2.75, 3.05) is 24.6 Å². The molecule has 10 nitrogen and oxygen atoms in total. The van der Waals surface area contributed by atoms with Crippen LogP contribution >= 0.6 is 7.60 Å². The molecule has 4 aromatic carbocycles. The number of rotatable bonds is 9. The minimum absolute atomic E-state index is 0.0711. The first-order valence-corrected chi connectivity index (χ1v) is 16.6. The minimum atomic E-state index is -4.51. The Labute approximate surface area is 266 Å². The van der Waals surface area contributed by atoms with Crippen LogP contribution in [0.1, 0.15) is 33.3 Å². The van der Waals surface area contributed by atoms with Gasteiger partial charge in [-0.3, -0.25) is 18.8 Å². The summed E-state index contributed by atoms with van der Waals surface area (Å²) >= 11 is 0. The molecule has 0 saturated carbocycles. The van der Waals surface area contributed by atoms with Crippen LogP contribution < -0.4 is 11.0 Å². The molecule has 11 heteroatoms. The summed E-state index contributed by atoms with van der Waals surface area (Å²) < 4.78 is 19.9. The van der Waals surface area contributed by atoms with E-state index in [0.29, 0.717) is 5.56 Å². The summed E-state index contributed by atoms with van der Waals surface area (Å²) in [5.41, 5.74) is 1.63. The number of carbonyl (C=O) groups is 1. The van der Waals surface area contributed by atoms with E-state index in [0.717, 1.165) is 16.7 Å². The number of hydrogen-bond acceptors (Lipinski definition) is 6. The van der Waals surface area contributed by atoms with Crippen molar-refractivity contribution in [3.05, 3.63) is 166 Å². The Hall–Kier alpha value is -4.70. The zero-order valence-corrected chi connectivity index (χ0v) is 25.7. The third kappa shape index (κ3) is 6.62. The number of benzene rings is 4. The van der Waals surface area contributed by atoms with Crippen molar-refractivity contribution >= 4 is 19.3 Å². The van der Waals surface area contributed by atoms with Crippen molar-refractivity contribution in [2.24, 2.45) is 0 Å². The molecule has 1 fully saturated rings. The van der Waals surface area contributed by atoms with Gasteiger partial charge in [-0.15, -0.1) is 0 Å². The van der Waals surface area contributed by atoms with Crippen molar-refractivity contribution < 1.29 is 23.9 Å². The van der Waals surface area contributed by atoms with Gasteiger partial charge in [-0.2, -0.15) is 4.98 Å². The van der Waals surface area contributed by atoms with Crippen LogP contribution in [0.3, 0.4) is 0 Å². The number of amides is 1. The molecule has 1 amide bonds. The monoisotopic (exact) mass is 636 g/mol. The van der Waals surface area contributed by atoms with Gasteiger partial charge in [-0.1, -0.05) is 109 Å². The fourth-order valence-corrected chi connectivity index (χ4v) is 6.91. The molecule has 0 bridgehead atoms. The summed E-state index contributed by atoms with van der Waals surface area (Å²) in [6, 6.07) is 39.8. The molecule has 3 N–H and O–H groups in total. The number of morpholine rings is 1.